The van der Waals surface area contributed by atoms with Crippen molar-refractivity contribution in [3.63, 3.8) is 0 Å². The molecule has 19 heavy (non-hydrogen) atoms. The van der Waals surface area contributed by atoms with Gasteiger partial charge in [-0.2, -0.15) is 13.2 Å². The van der Waals surface area contributed by atoms with Crippen molar-refractivity contribution < 1.29 is 18.0 Å². The van der Waals surface area contributed by atoms with E-state index in [0.717, 1.165) is 11.3 Å². The Labute approximate surface area is 118 Å². The Bertz CT molecular complexity index is 465. The van der Waals surface area contributed by atoms with E-state index in [1.54, 1.807) is 0 Å². The summed E-state index contributed by atoms with van der Waals surface area (Å²) < 4.78 is 39.0. The Kier molecular flexibility index (Phi) is 4.51. The fourth-order valence-electron chi connectivity index (χ4n) is 1.56. The van der Waals surface area contributed by atoms with Gasteiger partial charge in [0.1, 0.15) is 10.9 Å². The zero-order valence-electron chi connectivity index (χ0n) is 10.9. The molecule has 0 bridgehead atoms. The minimum Gasteiger partial charge on any atom is -0.339 e. The van der Waals surface area contributed by atoms with Crippen LogP contribution in [-0.4, -0.2) is 23.1 Å². The first-order valence-corrected chi connectivity index (χ1v) is 6.63. The maximum Gasteiger partial charge on any atom is 0.409 e. The Morgan fingerprint density at radius 3 is 2.21 bits per heavy atom. The summed E-state index contributed by atoms with van der Waals surface area (Å²) in [5.74, 6) is -0.806. The number of carbonyl (C=O) groups excluding carboxylic acids is 1. The van der Waals surface area contributed by atoms with Crippen LogP contribution in [0.5, 0.6) is 0 Å². The second-order valence-electron chi connectivity index (χ2n) is 5.20. The maximum absolute atomic E-state index is 12.9. The van der Waals surface area contributed by atoms with Crippen LogP contribution in [0.15, 0.2) is 0 Å². The van der Waals surface area contributed by atoms with Crippen LogP contribution in [-0.2, 0) is 0 Å². The summed E-state index contributed by atoms with van der Waals surface area (Å²) in [4.78, 5) is 15.8. The summed E-state index contributed by atoms with van der Waals surface area (Å²) in [6.45, 7) is 5.77. The van der Waals surface area contributed by atoms with E-state index in [4.69, 9.17) is 11.6 Å². The van der Waals surface area contributed by atoms with Gasteiger partial charge in [-0.05, 0) is 12.3 Å². The lowest BCUT2D eigenvalue weighted by Crippen LogP contribution is -2.53. The molecular formula is C11H14ClF3N2OS. The normalized spacial score (nSPS) is 14.3. The number of halogens is 4. The number of hydrogen-bond acceptors (Lipinski definition) is 3. The topological polar surface area (TPSA) is 42.0 Å². The van der Waals surface area contributed by atoms with Gasteiger partial charge < -0.3 is 5.32 Å². The van der Waals surface area contributed by atoms with E-state index in [-0.39, 0.29) is 9.34 Å². The van der Waals surface area contributed by atoms with Crippen LogP contribution < -0.4 is 5.32 Å². The van der Waals surface area contributed by atoms with Crippen LogP contribution in [0.1, 0.15) is 36.1 Å². The van der Waals surface area contributed by atoms with Crippen LogP contribution in [0, 0.1) is 12.3 Å². The smallest absolute Gasteiger partial charge is 0.339 e. The molecule has 0 fully saturated rings. The molecular weight excluding hydrogens is 301 g/mol. The van der Waals surface area contributed by atoms with E-state index in [1.165, 1.54) is 27.7 Å². The van der Waals surface area contributed by atoms with Crippen molar-refractivity contribution >= 4 is 28.8 Å². The average Bonchev–Trinajstić information content (AvgIpc) is 2.50. The summed E-state index contributed by atoms with van der Waals surface area (Å²) in [5, 5.41) is 2.02. The molecule has 0 aliphatic rings. The first kappa shape index (κ1) is 16.2. The molecule has 0 aliphatic heterocycles. The Balaban J connectivity index is 2.99. The van der Waals surface area contributed by atoms with Crippen molar-refractivity contribution in [1.82, 2.24) is 10.3 Å². The number of aromatic nitrogens is 1. The molecule has 8 heteroatoms. The fraction of sp³-hybridized carbons (Fsp3) is 0.636. The average molecular weight is 315 g/mol. The van der Waals surface area contributed by atoms with Crippen molar-refractivity contribution in [3.05, 3.63) is 15.0 Å². The van der Waals surface area contributed by atoms with Gasteiger partial charge in [0.2, 0.25) is 0 Å². The minimum absolute atomic E-state index is 0.100. The standard InChI is InChI=1S/C11H14ClF3N2OS/c1-5-6(19-9(12)16-5)7(18)17-8(10(2,3)4)11(13,14)15/h8H,1-4H3,(H,17,18). The lowest BCUT2D eigenvalue weighted by Gasteiger charge is -2.32. The van der Waals surface area contributed by atoms with Gasteiger partial charge in [0, 0.05) is 0 Å². The fourth-order valence-corrected chi connectivity index (χ4v) is 2.61. The Hall–Kier alpha value is -0.820. The molecule has 0 spiro atoms. The SMILES string of the molecule is Cc1nc(Cl)sc1C(=O)NC(C(C)(C)C)C(F)(F)F. The molecule has 1 heterocycles. The van der Waals surface area contributed by atoms with Gasteiger partial charge in [0.05, 0.1) is 5.69 Å². The molecule has 0 saturated carbocycles. The third-order valence-electron chi connectivity index (χ3n) is 2.45. The highest BCUT2D eigenvalue weighted by molar-refractivity contribution is 7.17. The largest absolute Gasteiger partial charge is 0.409 e. The first-order chi connectivity index (χ1) is 8.43. The van der Waals surface area contributed by atoms with E-state index in [1.807, 2.05) is 5.32 Å². The number of thiazole rings is 1. The molecule has 1 amide bonds. The first-order valence-electron chi connectivity index (χ1n) is 5.43. The second kappa shape index (κ2) is 5.28. The number of alkyl halides is 3. The summed E-state index contributed by atoms with van der Waals surface area (Å²) in [7, 11) is 0. The van der Waals surface area contributed by atoms with Crippen molar-refractivity contribution in [2.75, 3.05) is 0 Å². The summed E-state index contributed by atoms with van der Waals surface area (Å²) in [5.41, 5.74) is -0.821. The van der Waals surface area contributed by atoms with E-state index in [9.17, 15) is 18.0 Å². The van der Waals surface area contributed by atoms with Gasteiger partial charge in [-0.1, -0.05) is 43.7 Å². The van der Waals surface area contributed by atoms with E-state index >= 15 is 0 Å². The predicted octanol–water partition coefficient (Wildman–Crippen LogP) is 3.81. The van der Waals surface area contributed by atoms with Gasteiger partial charge in [-0.3, -0.25) is 4.79 Å². The molecule has 0 radical (unpaired) electrons. The molecule has 1 atom stereocenters. The van der Waals surface area contributed by atoms with Gasteiger partial charge in [-0.25, -0.2) is 4.98 Å². The summed E-state index contributed by atoms with van der Waals surface area (Å²) in [6.07, 6.45) is -4.52. The summed E-state index contributed by atoms with van der Waals surface area (Å²) >= 11 is 6.49. The number of hydrogen-bond donors (Lipinski definition) is 1. The van der Waals surface area contributed by atoms with Crippen LogP contribution in [0.3, 0.4) is 0 Å². The molecule has 0 saturated heterocycles. The van der Waals surface area contributed by atoms with Gasteiger partial charge in [0.15, 0.2) is 4.47 Å². The van der Waals surface area contributed by atoms with E-state index in [2.05, 4.69) is 4.98 Å². The Morgan fingerprint density at radius 2 is 1.89 bits per heavy atom. The molecule has 1 unspecified atom stereocenters. The minimum atomic E-state index is -4.52. The van der Waals surface area contributed by atoms with Crippen LogP contribution in [0.2, 0.25) is 4.47 Å². The number of amides is 1. The molecule has 0 aliphatic carbocycles. The summed E-state index contributed by atoms with van der Waals surface area (Å²) in [6, 6.07) is -1.94. The molecule has 1 aromatic heterocycles. The number of aryl methyl sites for hydroxylation is 1. The zero-order valence-corrected chi connectivity index (χ0v) is 12.4. The van der Waals surface area contributed by atoms with Gasteiger partial charge in [-0.15, -0.1) is 0 Å². The van der Waals surface area contributed by atoms with Crippen molar-refractivity contribution in [3.8, 4) is 0 Å². The monoisotopic (exact) mass is 314 g/mol. The van der Waals surface area contributed by atoms with Gasteiger partial charge >= 0.3 is 6.18 Å². The van der Waals surface area contributed by atoms with Crippen LogP contribution in [0.4, 0.5) is 13.2 Å². The highest BCUT2D eigenvalue weighted by atomic mass is 35.5. The van der Waals surface area contributed by atoms with E-state index in [0.29, 0.717) is 5.69 Å². The van der Waals surface area contributed by atoms with Crippen LogP contribution >= 0.6 is 22.9 Å². The molecule has 1 N–H and O–H groups in total. The second-order valence-corrected chi connectivity index (χ2v) is 6.78. The number of nitrogens with one attached hydrogen (secondary N) is 1. The van der Waals surface area contributed by atoms with E-state index < -0.39 is 23.5 Å². The molecule has 1 aromatic rings. The quantitative estimate of drug-likeness (QED) is 0.902. The molecule has 3 nitrogen and oxygen atoms in total. The van der Waals surface area contributed by atoms with Crippen molar-refractivity contribution in [1.29, 1.82) is 0 Å². The number of nitrogens with zero attached hydrogens (tertiary/aromatic N) is 1. The van der Waals surface area contributed by atoms with Crippen molar-refractivity contribution in [2.24, 2.45) is 5.41 Å². The highest BCUT2D eigenvalue weighted by Crippen LogP contribution is 2.34. The highest BCUT2D eigenvalue weighted by Gasteiger charge is 2.48. The predicted molar refractivity (Wildman–Crippen MR) is 68.6 cm³/mol. The zero-order chi connectivity index (χ0) is 15.0. The van der Waals surface area contributed by atoms with Gasteiger partial charge in [0.25, 0.3) is 5.91 Å². The van der Waals surface area contributed by atoms with Crippen molar-refractivity contribution in [2.45, 2.75) is 39.9 Å². The lowest BCUT2D eigenvalue weighted by molar-refractivity contribution is -0.174. The maximum atomic E-state index is 12.9. The molecule has 0 aromatic carbocycles. The lowest BCUT2D eigenvalue weighted by atomic mass is 9.86. The molecule has 108 valence electrons. The number of carbonyl (C=O) groups is 1. The Morgan fingerprint density at radius 1 is 1.37 bits per heavy atom. The number of rotatable bonds is 2. The third kappa shape index (κ3) is 4.07. The molecule has 1 rings (SSSR count). The third-order valence-corrected chi connectivity index (χ3v) is 3.71. The van der Waals surface area contributed by atoms with Crippen LogP contribution in [0.25, 0.3) is 0 Å².